The molecule has 0 amide bonds. The van der Waals surface area contributed by atoms with Crippen molar-refractivity contribution >= 4 is 10.0 Å². The monoisotopic (exact) mass is 284 g/mol. The van der Waals surface area contributed by atoms with Crippen molar-refractivity contribution in [2.24, 2.45) is 0 Å². The van der Waals surface area contributed by atoms with Crippen molar-refractivity contribution in [2.75, 3.05) is 26.7 Å². The first-order valence-electron chi connectivity index (χ1n) is 6.24. The second-order valence-corrected chi connectivity index (χ2v) is 7.51. The predicted octanol–water partition coefficient (Wildman–Crippen LogP) is 1.11. The summed E-state index contributed by atoms with van der Waals surface area (Å²) in [5.74, 6) is -0.0329. The molecule has 6 heteroatoms. The number of aromatic hydroxyl groups is 1. The Balaban J connectivity index is 2.31. The molecule has 1 fully saturated rings. The van der Waals surface area contributed by atoms with Crippen LogP contribution in [0.3, 0.4) is 0 Å². The summed E-state index contributed by atoms with van der Waals surface area (Å²) in [5.41, 5.74) is -0.192. The van der Waals surface area contributed by atoms with Crippen molar-refractivity contribution in [2.45, 2.75) is 24.3 Å². The van der Waals surface area contributed by atoms with E-state index in [4.69, 9.17) is 0 Å². The zero-order valence-corrected chi connectivity index (χ0v) is 12.3. The molecule has 1 aromatic rings. The highest BCUT2D eigenvalue weighted by molar-refractivity contribution is 7.89. The van der Waals surface area contributed by atoms with E-state index in [-0.39, 0.29) is 16.2 Å². The first-order valence-corrected chi connectivity index (χ1v) is 7.68. The fourth-order valence-corrected chi connectivity index (χ4v) is 3.82. The molecule has 0 aliphatic carbocycles. The Kier molecular flexibility index (Phi) is 3.59. The summed E-state index contributed by atoms with van der Waals surface area (Å²) < 4.78 is 26.5. The van der Waals surface area contributed by atoms with Gasteiger partial charge in [-0.1, -0.05) is 6.07 Å². The maximum absolute atomic E-state index is 12.5. The number of piperazine rings is 1. The maximum Gasteiger partial charge on any atom is 0.243 e. The molecule has 5 nitrogen and oxygen atoms in total. The van der Waals surface area contributed by atoms with Crippen molar-refractivity contribution in [3.05, 3.63) is 24.3 Å². The van der Waals surface area contributed by atoms with E-state index in [2.05, 4.69) is 4.90 Å². The van der Waals surface area contributed by atoms with Gasteiger partial charge in [0, 0.05) is 25.2 Å². The van der Waals surface area contributed by atoms with E-state index in [1.165, 1.54) is 22.5 Å². The van der Waals surface area contributed by atoms with E-state index in [1.807, 2.05) is 20.9 Å². The maximum atomic E-state index is 12.5. The fourth-order valence-electron chi connectivity index (χ4n) is 2.19. The van der Waals surface area contributed by atoms with Crippen LogP contribution in [-0.4, -0.2) is 55.0 Å². The Bertz CT molecular complexity index is 569. The minimum Gasteiger partial charge on any atom is -0.508 e. The first-order chi connectivity index (χ1) is 8.73. The molecule has 1 aliphatic rings. The number of phenolic OH excluding ortho intramolecular Hbond substituents is 1. The highest BCUT2D eigenvalue weighted by Gasteiger charge is 2.37. The van der Waals surface area contributed by atoms with Crippen LogP contribution >= 0.6 is 0 Å². The summed E-state index contributed by atoms with van der Waals surface area (Å²) in [4.78, 5) is 2.30. The number of hydrogen-bond acceptors (Lipinski definition) is 4. The van der Waals surface area contributed by atoms with Crippen molar-refractivity contribution in [1.29, 1.82) is 0 Å². The molecule has 1 N–H and O–H groups in total. The lowest BCUT2D eigenvalue weighted by Gasteiger charge is -2.44. The highest BCUT2D eigenvalue weighted by Crippen LogP contribution is 2.26. The van der Waals surface area contributed by atoms with Gasteiger partial charge in [0.25, 0.3) is 0 Å². The minimum atomic E-state index is -3.53. The van der Waals surface area contributed by atoms with Crippen molar-refractivity contribution in [3.63, 3.8) is 0 Å². The molecule has 0 saturated carbocycles. The van der Waals surface area contributed by atoms with Crippen LogP contribution < -0.4 is 0 Å². The number of phenols is 1. The van der Waals surface area contributed by atoms with E-state index in [0.29, 0.717) is 19.6 Å². The third-order valence-electron chi connectivity index (χ3n) is 3.74. The molecule has 2 rings (SSSR count). The molecule has 1 aliphatic heterocycles. The molecule has 0 unspecified atom stereocenters. The van der Waals surface area contributed by atoms with Crippen LogP contribution in [0.2, 0.25) is 0 Å². The molecule has 106 valence electrons. The number of likely N-dealkylation sites (N-methyl/N-ethyl adjacent to an activating group) is 1. The Labute approximate surface area is 114 Å². The molecular weight excluding hydrogens is 264 g/mol. The molecule has 0 aromatic heterocycles. The fraction of sp³-hybridized carbons (Fsp3) is 0.538. The number of sulfonamides is 1. The Morgan fingerprint density at radius 2 is 1.95 bits per heavy atom. The van der Waals surface area contributed by atoms with Crippen LogP contribution in [0.25, 0.3) is 0 Å². The van der Waals surface area contributed by atoms with Crippen molar-refractivity contribution in [1.82, 2.24) is 9.21 Å². The van der Waals surface area contributed by atoms with E-state index < -0.39 is 10.0 Å². The van der Waals surface area contributed by atoms with E-state index in [0.717, 1.165) is 0 Å². The standard InChI is InChI=1S/C13H20N2O3S/c1-13(2)10-15(8-7-14(13)3)19(17,18)12-6-4-5-11(16)9-12/h4-6,9,16H,7-8,10H2,1-3H3. The first kappa shape index (κ1) is 14.3. The van der Waals surface area contributed by atoms with Gasteiger partial charge in [0.2, 0.25) is 10.0 Å². The topological polar surface area (TPSA) is 60.9 Å². The van der Waals surface area contributed by atoms with Gasteiger partial charge in [-0.25, -0.2) is 8.42 Å². The van der Waals surface area contributed by atoms with Crippen LogP contribution in [0.1, 0.15) is 13.8 Å². The Morgan fingerprint density at radius 1 is 1.26 bits per heavy atom. The third-order valence-corrected chi connectivity index (χ3v) is 5.58. The molecule has 0 radical (unpaired) electrons. The van der Waals surface area contributed by atoms with Gasteiger partial charge in [0.05, 0.1) is 4.90 Å². The summed E-state index contributed by atoms with van der Waals surface area (Å²) >= 11 is 0. The normalized spacial score (nSPS) is 21.4. The van der Waals surface area contributed by atoms with Crippen LogP contribution in [-0.2, 0) is 10.0 Å². The highest BCUT2D eigenvalue weighted by atomic mass is 32.2. The lowest BCUT2D eigenvalue weighted by Crippen LogP contribution is -2.58. The van der Waals surface area contributed by atoms with Gasteiger partial charge in [-0.3, -0.25) is 4.90 Å². The largest absolute Gasteiger partial charge is 0.508 e. The summed E-state index contributed by atoms with van der Waals surface area (Å²) in [7, 11) is -1.53. The average molecular weight is 284 g/mol. The Hall–Kier alpha value is -1.11. The molecule has 0 atom stereocenters. The number of benzene rings is 1. The summed E-state index contributed by atoms with van der Waals surface area (Å²) in [5, 5.41) is 9.43. The number of hydrogen-bond donors (Lipinski definition) is 1. The van der Waals surface area contributed by atoms with E-state index in [1.54, 1.807) is 6.07 Å². The molecule has 1 heterocycles. The third kappa shape index (κ3) is 2.75. The van der Waals surface area contributed by atoms with Crippen LogP contribution in [0, 0.1) is 0 Å². The van der Waals surface area contributed by atoms with Crippen molar-refractivity contribution in [3.8, 4) is 5.75 Å². The lowest BCUT2D eigenvalue weighted by molar-refractivity contribution is 0.0801. The van der Waals surface area contributed by atoms with Crippen molar-refractivity contribution < 1.29 is 13.5 Å². The van der Waals surface area contributed by atoms with Crippen LogP contribution in [0.15, 0.2) is 29.2 Å². The lowest BCUT2D eigenvalue weighted by atomic mass is 10.0. The van der Waals surface area contributed by atoms with Crippen LogP contribution in [0.5, 0.6) is 5.75 Å². The van der Waals surface area contributed by atoms with Gasteiger partial charge in [0.15, 0.2) is 0 Å². The second-order valence-electron chi connectivity index (χ2n) is 5.57. The van der Waals surface area contributed by atoms with Gasteiger partial charge in [-0.2, -0.15) is 4.31 Å². The van der Waals surface area contributed by atoms with E-state index >= 15 is 0 Å². The number of nitrogens with zero attached hydrogens (tertiary/aromatic N) is 2. The van der Waals surface area contributed by atoms with Gasteiger partial charge < -0.3 is 5.11 Å². The molecule has 0 spiro atoms. The molecule has 1 saturated heterocycles. The summed E-state index contributed by atoms with van der Waals surface area (Å²) in [6.07, 6.45) is 0. The van der Waals surface area contributed by atoms with Crippen LogP contribution in [0.4, 0.5) is 0 Å². The van der Waals surface area contributed by atoms with Gasteiger partial charge in [0.1, 0.15) is 5.75 Å². The average Bonchev–Trinajstić information content (AvgIpc) is 2.32. The molecule has 1 aromatic carbocycles. The SMILES string of the molecule is CN1CCN(S(=O)(=O)c2cccc(O)c2)CC1(C)C. The van der Waals surface area contributed by atoms with Gasteiger partial charge >= 0.3 is 0 Å². The minimum absolute atomic E-state index is 0.0329. The molecular formula is C13H20N2O3S. The smallest absolute Gasteiger partial charge is 0.243 e. The second kappa shape index (κ2) is 4.77. The van der Waals surface area contributed by atoms with Gasteiger partial charge in [-0.05, 0) is 39.1 Å². The zero-order chi connectivity index (χ0) is 14.3. The predicted molar refractivity (Wildman–Crippen MR) is 73.6 cm³/mol. The zero-order valence-electron chi connectivity index (χ0n) is 11.5. The quantitative estimate of drug-likeness (QED) is 0.883. The molecule has 19 heavy (non-hydrogen) atoms. The summed E-state index contributed by atoms with van der Waals surface area (Å²) in [6, 6.07) is 5.82. The van der Waals surface area contributed by atoms with Gasteiger partial charge in [-0.15, -0.1) is 0 Å². The Morgan fingerprint density at radius 3 is 2.53 bits per heavy atom. The number of rotatable bonds is 2. The summed E-state index contributed by atoms with van der Waals surface area (Å²) in [6.45, 7) is 5.67. The van der Waals surface area contributed by atoms with E-state index in [9.17, 15) is 13.5 Å². The molecule has 0 bridgehead atoms.